The first kappa shape index (κ1) is 28.3. The highest BCUT2D eigenvalue weighted by Crippen LogP contribution is 2.31. The van der Waals surface area contributed by atoms with E-state index in [9.17, 15) is 23.1 Å². The molecular formula is C28H34N4O6S. The van der Waals surface area contributed by atoms with Gasteiger partial charge in [0.15, 0.2) is 0 Å². The number of urea groups is 1. The summed E-state index contributed by atoms with van der Waals surface area (Å²) in [7, 11) is -1.97. The monoisotopic (exact) mass is 554 g/mol. The number of fused-ring (bicyclic) bond motifs is 2. The topological polar surface area (TPSA) is 128 Å². The molecule has 11 heteroatoms. The molecule has 0 fully saturated rings. The van der Waals surface area contributed by atoms with Crippen LogP contribution in [0.5, 0.6) is 5.75 Å². The van der Waals surface area contributed by atoms with Crippen LogP contribution in [0.15, 0.2) is 60.7 Å². The van der Waals surface area contributed by atoms with Crippen molar-refractivity contribution in [3.8, 4) is 5.75 Å². The number of carbonyl (C=O) groups excluding carboxylic acids is 2. The molecule has 3 aromatic rings. The molecule has 0 radical (unpaired) electrons. The molecular weight excluding hydrogens is 520 g/mol. The van der Waals surface area contributed by atoms with E-state index in [-0.39, 0.29) is 42.8 Å². The van der Waals surface area contributed by atoms with Crippen molar-refractivity contribution in [1.82, 2.24) is 9.21 Å². The maximum absolute atomic E-state index is 13.6. The molecule has 208 valence electrons. The first-order chi connectivity index (χ1) is 18.5. The maximum atomic E-state index is 13.6. The average Bonchev–Trinajstić information content (AvgIpc) is 2.90. The van der Waals surface area contributed by atoms with Crippen LogP contribution in [0.25, 0.3) is 10.8 Å². The number of ether oxygens (including phenoxy) is 1. The number of nitrogens with one attached hydrogen (secondary N) is 2. The number of hydrogen-bond acceptors (Lipinski definition) is 6. The first-order valence-corrected chi connectivity index (χ1v) is 14.5. The first-order valence-electron chi connectivity index (χ1n) is 12.7. The summed E-state index contributed by atoms with van der Waals surface area (Å²) < 4.78 is 31.5. The summed E-state index contributed by atoms with van der Waals surface area (Å²) in [6, 6.07) is 17.1. The van der Waals surface area contributed by atoms with Crippen LogP contribution in [-0.2, 0) is 10.0 Å². The highest BCUT2D eigenvalue weighted by molar-refractivity contribution is 7.88. The minimum Gasteiger partial charge on any atom is -0.488 e. The van der Waals surface area contributed by atoms with Crippen LogP contribution < -0.4 is 15.4 Å². The predicted molar refractivity (Wildman–Crippen MR) is 152 cm³/mol. The van der Waals surface area contributed by atoms with E-state index in [4.69, 9.17) is 4.74 Å². The van der Waals surface area contributed by atoms with E-state index >= 15 is 0 Å². The molecule has 0 spiro atoms. The Morgan fingerprint density at radius 3 is 2.59 bits per heavy atom. The van der Waals surface area contributed by atoms with Crippen molar-refractivity contribution in [3.63, 3.8) is 0 Å². The summed E-state index contributed by atoms with van der Waals surface area (Å²) in [5.74, 6) is -0.315. The second kappa shape index (κ2) is 11.6. The van der Waals surface area contributed by atoms with Crippen LogP contribution in [-0.4, -0.2) is 79.8 Å². The summed E-state index contributed by atoms with van der Waals surface area (Å²) in [6.07, 6.45) is 0.567. The van der Waals surface area contributed by atoms with E-state index in [1.165, 1.54) is 17.4 Å². The summed E-state index contributed by atoms with van der Waals surface area (Å²) in [5, 5.41) is 17.4. The van der Waals surface area contributed by atoms with Crippen LogP contribution in [0.2, 0.25) is 0 Å². The van der Waals surface area contributed by atoms with Crippen molar-refractivity contribution in [2.45, 2.75) is 26.0 Å². The quantitative estimate of drug-likeness (QED) is 0.410. The molecule has 10 nitrogen and oxygen atoms in total. The number of aliphatic hydroxyl groups is 1. The average molecular weight is 555 g/mol. The largest absolute Gasteiger partial charge is 0.488 e. The summed E-state index contributed by atoms with van der Waals surface area (Å²) >= 11 is 0. The molecule has 0 aliphatic carbocycles. The van der Waals surface area contributed by atoms with Crippen LogP contribution >= 0.6 is 0 Å². The van der Waals surface area contributed by atoms with Gasteiger partial charge in [-0.15, -0.1) is 0 Å². The van der Waals surface area contributed by atoms with E-state index in [0.29, 0.717) is 11.4 Å². The molecule has 0 bridgehead atoms. The van der Waals surface area contributed by atoms with Gasteiger partial charge < -0.3 is 25.4 Å². The molecule has 3 N–H and O–H groups in total. The standard InChI is InChI=1S/C28H34N4O6S/c1-18-15-32(19(2)17-33)27(34)23-14-21(12-13-25(23)38-26(18)16-31(3)39(4,36)37)29-28(35)30-24-11-7-9-20-8-5-6-10-22(20)24/h5-14,18-19,26,33H,15-17H2,1-4H3,(H2,29,30,35)/t18-,19-,26+/m0/s1. The Bertz CT molecular complexity index is 1470. The number of carbonyl (C=O) groups is 2. The van der Waals surface area contributed by atoms with Gasteiger partial charge in [-0.1, -0.05) is 43.3 Å². The normalized spacial score (nSPS) is 18.6. The van der Waals surface area contributed by atoms with Gasteiger partial charge in [0.25, 0.3) is 5.91 Å². The number of benzene rings is 3. The molecule has 0 unspecified atom stereocenters. The van der Waals surface area contributed by atoms with Gasteiger partial charge in [-0.05, 0) is 36.6 Å². The molecule has 3 atom stereocenters. The zero-order chi connectivity index (χ0) is 28.3. The van der Waals surface area contributed by atoms with Crippen LogP contribution in [0, 0.1) is 5.92 Å². The molecule has 1 heterocycles. The van der Waals surface area contributed by atoms with Gasteiger partial charge in [-0.25, -0.2) is 17.5 Å². The third-order valence-corrected chi connectivity index (χ3v) is 8.25. The molecule has 0 saturated heterocycles. The fourth-order valence-corrected chi connectivity index (χ4v) is 4.94. The van der Waals surface area contributed by atoms with Gasteiger partial charge in [0, 0.05) is 30.6 Å². The van der Waals surface area contributed by atoms with Gasteiger partial charge in [0.05, 0.1) is 36.7 Å². The number of aliphatic hydroxyl groups excluding tert-OH is 1. The number of hydrogen-bond donors (Lipinski definition) is 3. The minimum atomic E-state index is -3.45. The van der Waals surface area contributed by atoms with Crippen LogP contribution in [0.3, 0.4) is 0 Å². The van der Waals surface area contributed by atoms with Crippen LogP contribution in [0.4, 0.5) is 16.2 Å². The third kappa shape index (κ3) is 6.49. The number of anilines is 2. The molecule has 0 aromatic heterocycles. The van der Waals surface area contributed by atoms with Crippen molar-refractivity contribution in [1.29, 1.82) is 0 Å². The van der Waals surface area contributed by atoms with Crippen molar-refractivity contribution in [2.24, 2.45) is 5.92 Å². The van der Waals surface area contributed by atoms with E-state index in [2.05, 4.69) is 10.6 Å². The number of nitrogens with zero attached hydrogens (tertiary/aromatic N) is 2. The summed E-state index contributed by atoms with van der Waals surface area (Å²) in [5.41, 5.74) is 1.22. The Kier molecular flexibility index (Phi) is 8.43. The zero-order valence-electron chi connectivity index (χ0n) is 22.4. The third-order valence-electron chi connectivity index (χ3n) is 6.96. The molecule has 0 saturated carbocycles. The molecule has 1 aliphatic heterocycles. The van der Waals surface area contributed by atoms with Crippen molar-refractivity contribution < 1.29 is 27.9 Å². The highest BCUT2D eigenvalue weighted by atomic mass is 32.2. The lowest BCUT2D eigenvalue weighted by Gasteiger charge is -2.38. The van der Waals surface area contributed by atoms with Crippen LogP contribution in [0.1, 0.15) is 24.2 Å². The molecule has 39 heavy (non-hydrogen) atoms. The summed E-state index contributed by atoms with van der Waals surface area (Å²) in [4.78, 5) is 28.0. The van der Waals surface area contributed by atoms with Crippen molar-refractivity contribution in [3.05, 3.63) is 66.2 Å². The lowest BCUT2D eigenvalue weighted by Crippen LogP contribution is -2.50. The Hall–Kier alpha value is -3.67. The van der Waals surface area contributed by atoms with Gasteiger partial charge in [-0.3, -0.25) is 4.79 Å². The molecule has 4 rings (SSSR count). The van der Waals surface area contributed by atoms with Crippen molar-refractivity contribution >= 4 is 44.1 Å². The Balaban J connectivity index is 1.62. The van der Waals surface area contributed by atoms with Gasteiger partial charge in [0.1, 0.15) is 11.9 Å². The molecule has 3 amide bonds. The van der Waals surface area contributed by atoms with E-state index in [1.807, 2.05) is 49.4 Å². The number of likely N-dealkylation sites (N-methyl/N-ethyl adjacent to an activating group) is 1. The summed E-state index contributed by atoms with van der Waals surface area (Å²) in [6.45, 7) is 3.71. The zero-order valence-corrected chi connectivity index (χ0v) is 23.2. The maximum Gasteiger partial charge on any atom is 0.323 e. The van der Waals surface area contributed by atoms with E-state index in [0.717, 1.165) is 17.0 Å². The lowest BCUT2D eigenvalue weighted by atomic mass is 9.99. The number of rotatable bonds is 7. The van der Waals surface area contributed by atoms with Gasteiger partial charge >= 0.3 is 6.03 Å². The van der Waals surface area contributed by atoms with Crippen molar-refractivity contribution in [2.75, 3.05) is 43.6 Å². The fraction of sp³-hybridized carbons (Fsp3) is 0.357. The lowest BCUT2D eigenvalue weighted by molar-refractivity contribution is 0.0387. The Morgan fingerprint density at radius 1 is 1.15 bits per heavy atom. The van der Waals surface area contributed by atoms with Gasteiger partial charge in [-0.2, -0.15) is 0 Å². The number of sulfonamides is 1. The van der Waals surface area contributed by atoms with E-state index < -0.39 is 28.2 Å². The molecule has 3 aromatic carbocycles. The number of amides is 3. The predicted octanol–water partition coefficient (Wildman–Crippen LogP) is 3.60. The van der Waals surface area contributed by atoms with Gasteiger partial charge in [0.2, 0.25) is 10.0 Å². The minimum absolute atomic E-state index is 0.0857. The Labute approximate surface area is 228 Å². The smallest absolute Gasteiger partial charge is 0.323 e. The second-order valence-electron chi connectivity index (χ2n) is 9.98. The Morgan fingerprint density at radius 2 is 1.87 bits per heavy atom. The van der Waals surface area contributed by atoms with E-state index in [1.54, 1.807) is 24.0 Å². The SMILES string of the molecule is C[C@H]1CN([C@@H](C)CO)C(=O)c2cc(NC(=O)Nc3cccc4ccccc34)ccc2O[C@@H]1CN(C)S(C)(=O)=O. The molecule has 1 aliphatic rings. The highest BCUT2D eigenvalue weighted by Gasteiger charge is 2.34. The fourth-order valence-electron chi connectivity index (χ4n) is 4.53. The second-order valence-corrected chi connectivity index (χ2v) is 12.1.